The van der Waals surface area contributed by atoms with E-state index in [1.807, 2.05) is 61.5 Å². The van der Waals surface area contributed by atoms with Crippen LogP contribution in [0.4, 0.5) is 0 Å². The number of nitrogens with one attached hydrogen (secondary N) is 1. The zero-order valence-corrected chi connectivity index (χ0v) is 14.9. The van der Waals surface area contributed by atoms with Crippen molar-refractivity contribution in [2.24, 2.45) is 5.41 Å². The van der Waals surface area contributed by atoms with Gasteiger partial charge in [-0.15, -0.1) is 0 Å². The zero-order chi connectivity index (χ0) is 16.9. The minimum atomic E-state index is -1.28. The van der Waals surface area contributed by atoms with E-state index in [9.17, 15) is 4.21 Å². The number of hydrogen-bond donors (Lipinski definition) is 1. The summed E-state index contributed by atoms with van der Waals surface area (Å²) in [6.45, 7) is 8.30. The predicted octanol–water partition coefficient (Wildman–Crippen LogP) is 4.07. The molecule has 1 N–H and O–H groups in total. The minimum absolute atomic E-state index is 0.123. The Labute approximate surface area is 141 Å². The average Bonchev–Trinajstić information content (AvgIpc) is 2.51. The molecule has 2 aromatic carbocycles. The highest BCUT2D eigenvalue weighted by Gasteiger charge is 2.24. The van der Waals surface area contributed by atoms with Crippen LogP contribution in [-0.4, -0.2) is 10.3 Å². The van der Waals surface area contributed by atoms with Gasteiger partial charge in [0, 0.05) is 5.56 Å². The lowest BCUT2D eigenvalue weighted by atomic mass is 9.88. The molecule has 23 heavy (non-hydrogen) atoms. The fraction of sp³-hybridized carbons (Fsp3) is 0.300. The number of rotatable bonds is 3. The summed E-state index contributed by atoms with van der Waals surface area (Å²) in [5, 5.41) is 0. The second-order valence-corrected chi connectivity index (χ2v) is 7.88. The molecular weight excluding hydrogens is 302 g/mol. The summed E-state index contributed by atoms with van der Waals surface area (Å²) in [5.74, 6) is 6.40. The largest absolute Gasteiger partial charge is 0.237 e. The van der Waals surface area contributed by atoms with Crippen molar-refractivity contribution < 1.29 is 4.21 Å². The average molecular weight is 325 g/mol. The Kier molecular flexibility index (Phi) is 5.76. The van der Waals surface area contributed by atoms with Crippen molar-refractivity contribution in [3.8, 4) is 11.8 Å². The summed E-state index contributed by atoms with van der Waals surface area (Å²) in [6, 6.07) is 17.4. The van der Waals surface area contributed by atoms with Crippen LogP contribution in [0.1, 0.15) is 31.9 Å². The van der Waals surface area contributed by atoms with Crippen LogP contribution in [-0.2, 0) is 11.0 Å². The van der Waals surface area contributed by atoms with Gasteiger partial charge >= 0.3 is 0 Å². The van der Waals surface area contributed by atoms with Gasteiger partial charge in [0.2, 0.25) is 0 Å². The van der Waals surface area contributed by atoms with Gasteiger partial charge in [0.25, 0.3) is 0 Å². The van der Waals surface area contributed by atoms with Gasteiger partial charge in [0.15, 0.2) is 0 Å². The summed E-state index contributed by atoms with van der Waals surface area (Å²) in [4.78, 5) is 0.770. The van der Waals surface area contributed by atoms with Crippen LogP contribution in [0.25, 0.3) is 0 Å². The van der Waals surface area contributed by atoms with Crippen LogP contribution >= 0.6 is 0 Å². The molecule has 0 aliphatic carbocycles. The van der Waals surface area contributed by atoms with Crippen molar-refractivity contribution in [2.75, 3.05) is 0 Å². The molecule has 0 radical (unpaired) electrons. The minimum Gasteiger partial charge on any atom is -0.237 e. The Bertz CT molecular complexity index is 718. The maximum Gasteiger partial charge on any atom is 0.126 e. The molecule has 0 amide bonds. The summed E-state index contributed by atoms with van der Waals surface area (Å²) in [5.41, 5.74) is 1.99. The topological polar surface area (TPSA) is 29.1 Å². The van der Waals surface area contributed by atoms with E-state index >= 15 is 0 Å². The molecule has 2 aromatic rings. The first-order valence-corrected chi connectivity index (χ1v) is 8.82. The van der Waals surface area contributed by atoms with E-state index in [-0.39, 0.29) is 11.5 Å². The van der Waals surface area contributed by atoms with Crippen LogP contribution < -0.4 is 4.72 Å². The molecule has 3 heteroatoms. The van der Waals surface area contributed by atoms with E-state index < -0.39 is 11.0 Å². The van der Waals surface area contributed by atoms with E-state index in [2.05, 4.69) is 37.3 Å². The summed E-state index contributed by atoms with van der Waals surface area (Å²) in [7, 11) is -1.28. The molecule has 0 saturated carbocycles. The molecule has 2 atom stereocenters. The molecule has 0 bridgehead atoms. The van der Waals surface area contributed by atoms with Gasteiger partial charge in [-0.2, -0.15) is 0 Å². The third kappa shape index (κ3) is 5.35. The highest BCUT2D eigenvalue weighted by molar-refractivity contribution is 7.83. The quantitative estimate of drug-likeness (QED) is 0.847. The number of hydrogen-bond acceptors (Lipinski definition) is 1. The molecule has 0 heterocycles. The molecule has 0 aliphatic heterocycles. The number of aryl methyl sites for hydroxylation is 1. The standard InChI is InChI=1S/C20H23NOS/c1-16-10-13-18(14-11-16)23(22)21-19(20(2,3)4)15-12-17-8-6-5-7-9-17/h5-11,13-14,19,21H,1-4H3/t19-,23?/m0/s1. The lowest BCUT2D eigenvalue weighted by molar-refractivity contribution is 0.357. The Morgan fingerprint density at radius 1 is 1.00 bits per heavy atom. The first kappa shape index (κ1) is 17.5. The molecule has 0 fully saturated rings. The van der Waals surface area contributed by atoms with Crippen LogP contribution in [0.2, 0.25) is 0 Å². The molecule has 0 saturated heterocycles. The molecule has 0 spiro atoms. The normalized spacial score (nSPS) is 13.7. The van der Waals surface area contributed by atoms with Gasteiger partial charge in [-0.1, -0.05) is 68.5 Å². The fourth-order valence-electron chi connectivity index (χ4n) is 1.94. The lowest BCUT2D eigenvalue weighted by Gasteiger charge is -2.26. The van der Waals surface area contributed by atoms with Gasteiger partial charge in [0.1, 0.15) is 11.0 Å². The van der Waals surface area contributed by atoms with E-state index in [0.29, 0.717) is 0 Å². The van der Waals surface area contributed by atoms with Gasteiger partial charge in [0.05, 0.1) is 10.9 Å². The second-order valence-electron chi connectivity index (χ2n) is 6.63. The van der Waals surface area contributed by atoms with Crippen molar-refractivity contribution >= 4 is 11.0 Å². The lowest BCUT2D eigenvalue weighted by Crippen LogP contribution is -2.40. The van der Waals surface area contributed by atoms with E-state index in [1.165, 1.54) is 0 Å². The maximum absolute atomic E-state index is 12.6. The van der Waals surface area contributed by atoms with Gasteiger partial charge in [-0.25, -0.2) is 8.93 Å². The molecular formula is C20H23NOS. The van der Waals surface area contributed by atoms with E-state index in [1.54, 1.807) is 0 Å². The molecule has 0 aromatic heterocycles. The van der Waals surface area contributed by atoms with Crippen LogP contribution in [0.5, 0.6) is 0 Å². The SMILES string of the molecule is Cc1ccc(S(=O)N[C@@H](C#Cc2ccccc2)C(C)(C)C)cc1. The molecule has 2 rings (SSSR count). The van der Waals surface area contributed by atoms with Crippen molar-refractivity contribution in [1.82, 2.24) is 4.72 Å². The third-order valence-electron chi connectivity index (χ3n) is 3.46. The second kappa shape index (κ2) is 7.59. The predicted molar refractivity (Wildman–Crippen MR) is 97.3 cm³/mol. The van der Waals surface area contributed by atoms with Crippen LogP contribution in [0.3, 0.4) is 0 Å². The highest BCUT2D eigenvalue weighted by atomic mass is 32.2. The Balaban J connectivity index is 2.18. The van der Waals surface area contributed by atoms with Gasteiger partial charge in [-0.3, -0.25) is 0 Å². The summed E-state index contributed by atoms with van der Waals surface area (Å²) < 4.78 is 15.7. The van der Waals surface area contributed by atoms with Crippen molar-refractivity contribution in [3.63, 3.8) is 0 Å². The van der Waals surface area contributed by atoms with Crippen LogP contribution in [0.15, 0.2) is 59.5 Å². The zero-order valence-electron chi connectivity index (χ0n) is 14.1. The Morgan fingerprint density at radius 2 is 1.61 bits per heavy atom. The molecule has 0 aliphatic rings. The third-order valence-corrected chi connectivity index (χ3v) is 4.61. The first-order chi connectivity index (χ1) is 10.9. The highest BCUT2D eigenvalue weighted by Crippen LogP contribution is 2.20. The number of benzene rings is 2. The monoisotopic (exact) mass is 325 g/mol. The van der Waals surface area contributed by atoms with Crippen LogP contribution in [0, 0.1) is 24.2 Å². The Hall–Kier alpha value is -1.89. The van der Waals surface area contributed by atoms with E-state index in [4.69, 9.17) is 0 Å². The van der Waals surface area contributed by atoms with Crippen molar-refractivity contribution in [3.05, 3.63) is 65.7 Å². The summed E-state index contributed by atoms with van der Waals surface area (Å²) in [6.07, 6.45) is 0. The molecule has 2 nitrogen and oxygen atoms in total. The molecule has 1 unspecified atom stereocenters. The first-order valence-electron chi connectivity index (χ1n) is 7.67. The van der Waals surface area contributed by atoms with Crippen molar-refractivity contribution in [2.45, 2.75) is 38.6 Å². The Morgan fingerprint density at radius 3 is 2.17 bits per heavy atom. The summed E-state index contributed by atoms with van der Waals surface area (Å²) >= 11 is 0. The molecule has 120 valence electrons. The van der Waals surface area contributed by atoms with Gasteiger partial charge < -0.3 is 0 Å². The maximum atomic E-state index is 12.6. The smallest absolute Gasteiger partial charge is 0.126 e. The fourth-order valence-corrected chi connectivity index (χ4v) is 3.08. The van der Waals surface area contributed by atoms with Crippen molar-refractivity contribution in [1.29, 1.82) is 0 Å². The van der Waals surface area contributed by atoms with Gasteiger partial charge in [-0.05, 0) is 36.6 Å². The van der Waals surface area contributed by atoms with E-state index in [0.717, 1.165) is 16.0 Å².